The number of anilines is 1. The second-order valence-electron chi connectivity index (χ2n) is 8.42. The molecule has 1 fully saturated rings. The Morgan fingerprint density at radius 1 is 1.26 bits per heavy atom. The van der Waals surface area contributed by atoms with E-state index in [9.17, 15) is 15.2 Å². The van der Waals surface area contributed by atoms with Crippen molar-refractivity contribution in [2.75, 3.05) is 44.9 Å². The van der Waals surface area contributed by atoms with Gasteiger partial charge in [0.2, 0.25) is 0 Å². The van der Waals surface area contributed by atoms with Crippen LogP contribution in [0.5, 0.6) is 5.75 Å². The van der Waals surface area contributed by atoms with E-state index < -0.39 is 10.4 Å². The minimum atomic E-state index is -1.51. The van der Waals surface area contributed by atoms with Crippen molar-refractivity contribution in [2.45, 2.75) is 25.4 Å². The Hall–Kier alpha value is -2.65. The number of hydrogen-bond donors (Lipinski definition) is 1. The van der Waals surface area contributed by atoms with Gasteiger partial charge in [-0.25, -0.2) is 10.0 Å². The molecule has 0 aromatic heterocycles. The maximum atomic E-state index is 12.4. The van der Waals surface area contributed by atoms with Crippen LogP contribution in [-0.2, 0) is 15.9 Å². The van der Waals surface area contributed by atoms with E-state index >= 15 is 0 Å². The van der Waals surface area contributed by atoms with Gasteiger partial charge in [-0.15, -0.1) is 0 Å². The number of fused-ring (bicyclic) bond motifs is 1. The van der Waals surface area contributed by atoms with Crippen molar-refractivity contribution in [2.24, 2.45) is 0 Å². The molecule has 0 aliphatic carbocycles. The normalized spacial score (nSPS) is 22.8. The number of morpholine rings is 1. The molecule has 1 N–H and O–H groups in total. The lowest BCUT2D eigenvalue weighted by molar-refractivity contribution is -0.0168. The number of carbonyl (C=O) groups is 1. The Labute approximate surface area is 181 Å². The van der Waals surface area contributed by atoms with Crippen molar-refractivity contribution < 1.29 is 24.2 Å². The van der Waals surface area contributed by atoms with Gasteiger partial charge >= 0.3 is 5.97 Å². The fourth-order valence-corrected chi connectivity index (χ4v) is 3.97. The van der Waals surface area contributed by atoms with E-state index in [0.29, 0.717) is 56.1 Å². The maximum absolute atomic E-state index is 12.4. The molecular weight excluding hydrogens is 400 g/mol. The van der Waals surface area contributed by atoms with Crippen LogP contribution >= 0.6 is 0 Å². The van der Waals surface area contributed by atoms with Crippen molar-refractivity contribution in [1.82, 2.24) is 4.81 Å². The van der Waals surface area contributed by atoms with E-state index in [-0.39, 0.29) is 18.3 Å². The summed E-state index contributed by atoms with van der Waals surface area (Å²) in [7, 11) is 1.20. The molecule has 2 aromatic rings. The smallest absolute Gasteiger partial charge is 0.338 e. The molecular formula is C23H28N2O6. The number of nitrogens with zero attached hydrogens (tertiary/aromatic N) is 2. The number of rotatable bonds is 5. The van der Waals surface area contributed by atoms with Crippen LogP contribution in [0.3, 0.4) is 0 Å². The highest BCUT2D eigenvalue weighted by Gasteiger charge is 2.36. The lowest BCUT2D eigenvalue weighted by Gasteiger charge is -2.39. The van der Waals surface area contributed by atoms with Crippen LogP contribution in [-0.4, -0.2) is 56.7 Å². The zero-order chi connectivity index (χ0) is 22.1. The van der Waals surface area contributed by atoms with Gasteiger partial charge in [0.25, 0.3) is 0 Å². The zero-order valence-corrected chi connectivity index (χ0v) is 17.9. The van der Waals surface area contributed by atoms with Crippen LogP contribution in [0.2, 0.25) is 0 Å². The molecule has 2 aromatic carbocycles. The first-order valence-corrected chi connectivity index (χ1v) is 10.5. The Morgan fingerprint density at radius 3 is 2.65 bits per heavy atom. The first-order valence-electron chi connectivity index (χ1n) is 10.5. The molecule has 2 heterocycles. The largest absolute Gasteiger partial charge is 0.593 e. The predicted octanol–water partition coefficient (Wildman–Crippen LogP) is 3.29. The summed E-state index contributed by atoms with van der Waals surface area (Å²) < 4.78 is 17.2. The third-order valence-electron chi connectivity index (χ3n) is 5.75. The maximum Gasteiger partial charge on any atom is 0.338 e. The highest BCUT2D eigenvalue weighted by Crippen LogP contribution is 2.42. The molecule has 2 aliphatic heterocycles. The Bertz CT molecular complexity index is 937. The molecule has 8 nitrogen and oxygen atoms in total. The average molecular weight is 428 g/mol. The fraction of sp³-hybridized carbons (Fsp3) is 0.435. The first-order chi connectivity index (χ1) is 14.8. The van der Waals surface area contributed by atoms with Gasteiger partial charge in [-0.05, 0) is 31.9 Å². The summed E-state index contributed by atoms with van der Waals surface area (Å²) in [6, 6.07) is 12.4. The van der Waals surface area contributed by atoms with Crippen LogP contribution in [0.4, 0.5) is 11.4 Å². The number of quaternary nitrogens is 1. The van der Waals surface area contributed by atoms with E-state index in [0.717, 1.165) is 5.56 Å². The molecule has 166 valence electrons. The second-order valence-corrected chi connectivity index (χ2v) is 8.42. The van der Waals surface area contributed by atoms with Crippen LogP contribution < -0.4 is 14.4 Å². The van der Waals surface area contributed by atoms with Crippen LogP contribution in [0, 0.1) is 5.21 Å². The van der Waals surface area contributed by atoms with Crippen molar-refractivity contribution in [3.63, 3.8) is 0 Å². The van der Waals surface area contributed by atoms with Crippen LogP contribution in [0.1, 0.15) is 29.3 Å². The minimum Gasteiger partial charge on any atom is -0.593 e. The number of ether oxygens (including phenoxy) is 3. The third kappa shape index (κ3) is 4.83. The molecule has 2 unspecified atom stereocenters. The van der Waals surface area contributed by atoms with Crippen molar-refractivity contribution in [3.8, 4) is 5.75 Å². The highest BCUT2D eigenvalue weighted by molar-refractivity contribution is 5.89. The van der Waals surface area contributed by atoms with Crippen LogP contribution in [0.15, 0.2) is 42.5 Å². The minimum absolute atomic E-state index is 0.115. The topological polar surface area (TPSA) is 91.3 Å². The summed E-state index contributed by atoms with van der Waals surface area (Å²) in [5.74, 6) is 0.253. The Morgan fingerprint density at radius 2 is 1.97 bits per heavy atom. The number of benzene rings is 2. The molecule has 0 spiro atoms. The SMILES string of the molecule is CC1(COC(=O)c2ccccc2)CCc2cc([N+](C)([O-])O)c(N3CCOCC3)cc2O1. The number of hydrogen-bond acceptors (Lipinski definition) is 7. The van der Waals surface area contributed by atoms with Gasteiger partial charge in [-0.1, -0.05) is 18.2 Å². The van der Waals surface area contributed by atoms with Gasteiger partial charge < -0.3 is 24.3 Å². The summed E-state index contributed by atoms with van der Waals surface area (Å²) in [6.45, 7) is 4.38. The van der Waals surface area contributed by atoms with Crippen molar-refractivity contribution >= 4 is 17.3 Å². The first kappa shape index (κ1) is 21.6. The number of esters is 1. The van der Waals surface area contributed by atoms with Gasteiger partial charge in [-0.2, -0.15) is 4.81 Å². The molecule has 2 aliphatic rings. The summed E-state index contributed by atoms with van der Waals surface area (Å²) >= 11 is 0. The van der Waals surface area contributed by atoms with Gasteiger partial charge in [0.05, 0.1) is 18.8 Å². The molecule has 0 radical (unpaired) electrons. The quantitative estimate of drug-likeness (QED) is 0.444. The average Bonchev–Trinajstić information content (AvgIpc) is 2.77. The predicted molar refractivity (Wildman–Crippen MR) is 116 cm³/mol. The molecule has 31 heavy (non-hydrogen) atoms. The lowest BCUT2D eigenvalue weighted by atomic mass is 9.92. The van der Waals surface area contributed by atoms with E-state index in [2.05, 4.69) is 0 Å². The monoisotopic (exact) mass is 428 g/mol. The zero-order valence-electron chi connectivity index (χ0n) is 17.9. The standard InChI is InChI=1S/C23H28N2O6/c1-23(16-30-22(26)17-6-4-3-5-7-17)9-8-18-14-20(25(2,27)28)19(15-21(18)31-23)24-10-12-29-13-11-24/h3-7,14-15,27H,8-13,16H2,1-2H3. The lowest BCUT2D eigenvalue weighted by Crippen LogP contribution is -2.43. The molecule has 0 amide bonds. The van der Waals surface area contributed by atoms with Gasteiger partial charge in [0, 0.05) is 30.8 Å². The van der Waals surface area contributed by atoms with Crippen LogP contribution in [0.25, 0.3) is 0 Å². The summed E-state index contributed by atoms with van der Waals surface area (Å²) in [6.07, 6.45) is 1.26. The summed E-state index contributed by atoms with van der Waals surface area (Å²) in [5.41, 5.74) is 1.58. The molecule has 0 saturated carbocycles. The number of aryl methyl sites for hydroxylation is 1. The van der Waals surface area contributed by atoms with E-state index in [1.165, 1.54) is 7.05 Å². The third-order valence-corrected chi connectivity index (χ3v) is 5.75. The van der Waals surface area contributed by atoms with E-state index in [1.807, 2.05) is 24.0 Å². The summed E-state index contributed by atoms with van der Waals surface area (Å²) in [4.78, 5) is 12.8. The number of hydroxylamine groups is 2. The number of carbonyl (C=O) groups excluding carboxylic acids is 1. The van der Waals surface area contributed by atoms with Crippen molar-refractivity contribution in [3.05, 3.63) is 58.8 Å². The van der Waals surface area contributed by atoms with Gasteiger partial charge in [0.1, 0.15) is 30.7 Å². The fourth-order valence-electron chi connectivity index (χ4n) is 3.97. The molecule has 2 atom stereocenters. The Balaban J connectivity index is 1.55. The second kappa shape index (κ2) is 8.47. The van der Waals surface area contributed by atoms with E-state index in [4.69, 9.17) is 14.2 Å². The molecule has 0 bridgehead atoms. The molecule has 8 heteroatoms. The Kier molecular flexibility index (Phi) is 5.90. The summed E-state index contributed by atoms with van der Waals surface area (Å²) in [5, 5.41) is 22.6. The highest BCUT2D eigenvalue weighted by atomic mass is 16.8. The van der Waals surface area contributed by atoms with Gasteiger partial charge in [0.15, 0.2) is 5.69 Å². The van der Waals surface area contributed by atoms with E-state index in [1.54, 1.807) is 30.3 Å². The van der Waals surface area contributed by atoms with Gasteiger partial charge in [-0.3, -0.25) is 0 Å². The molecule has 1 saturated heterocycles. The molecule has 4 rings (SSSR count). The van der Waals surface area contributed by atoms with Crippen molar-refractivity contribution in [1.29, 1.82) is 0 Å².